The van der Waals surface area contributed by atoms with Crippen molar-refractivity contribution in [1.29, 1.82) is 0 Å². The predicted molar refractivity (Wildman–Crippen MR) is 95.5 cm³/mol. The molecule has 10 nitrogen and oxygen atoms in total. The molecular formula is C18H14N6O4. The van der Waals surface area contributed by atoms with E-state index in [0.717, 1.165) is 5.56 Å². The van der Waals surface area contributed by atoms with Gasteiger partial charge in [0.1, 0.15) is 12.2 Å². The molecule has 0 bridgehead atoms. The minimum atomic E-state index is -0.474. The van der Waals surface area contributed by atoms with Gasteiger partial charge in [-0.3, -0.25) is 9.59 Å². The smallest absolute Gasteiger partial charge is 0.279 e. The van der Waals surface area contributed by atoms with E-state index in [2.05, 4.69) is 25.7 Å². The van der Waals surface area contributed by atoms with Gasteiger partial charge in [-0.2, -0.15) is 9.90 Å². The summed E-state index contributed by atoms with van der Waals surface area (Å²) < 4.78 is 10.4. The number of amides is 1. The van der Waals surface area contributed by atoms with Crippen molar-refractivity contribution in [2.24, 2.45) is 0 Å². The van der Waals surface area contributed by atoms with Gasteiger partial charge in [0.15, 0.2) is 35.2 Å². The zero-order valence-electron chi connectivity index (χ0n) is 14.7. The number of Topliss-reactive ketones (excluding diaryl/α,β-unsaturated/α-hetero) is 1. The summed E-state index contributed by atoms with van der Waals surface area (Å²) in [5.41, 5.74) is 1.11. The van der Waals surface area contributed by atoms with Crippen molar-refractivity contribution in [2.75, 3.05) is 5.32 Å². The quantitative estimate of drug-likeness (QED) is 0.506. The average Bonchev–Trinajstić information content (AvgIpc) is 3.43. The molecule has 10 heteroatoms. The van der Waals surface area contributed by atoms with Crippen molar-refractivity contribution in [2.45, 2.75) is 13.5 Å². The van der Waals surface area contributed by atoms with Crippen molar-refractivity contribution < 1.29 is 18.5 Å². The first-order valence-electron chi connectivity index (χ1n) is 8.27. The number of carbonyl (C=O) groups is 2. The molecule has 140 valence electrons. The molecule has 4 aromatic rings. The van der Waals surface area contributed by atoms with Gasteiger partial charge in [-0.05, 0) is 0 Å². The Morgan fingerprint density at radius 3 is 2.79 bits per heavy atom. The van der Waals surface area contributed by atoms with Gasteiger partial charge in [-0.15, -0.1) is 5.10 Å². The van der Waals surface area contributed by atoms with Crippen molar-refractivity contribution in [3.8, 4) is 11.3 Å². The van der Waals surface area contributed by atoms with Gasteiger partial charge in [0.05, 0.1) is 6.20 Å². The Morgan fingerprint density at radius 2 is 2.04 bits per heavy atom. The molecule has 0 spiro atoms. The van der Waals surface area contributed by atoms with Crippen LogP contribution in [0.3, 0.4) is 0 Å². The molecule has 1 aromatic carbocycles. The van der Waals surface area contributed by atoms with E-state index in [0.29, 0.717) is 11.5 Å². The minimum absolute atomic E-state index is 0.141. The Hall–Kier alpha value is -4.08. The number of oxazole rings is 1. The first-order chi connectivity index (χ1) is 13.6. The summed E-state index contributed by atoms with van der Waals surface area (Å²) in [5.74, 6) is 0.347. The molecule has 0 aliphatic heterocycles. The van der Waals surface area contributed by atoms with Crippen molar-refractivity contribution in [3.63, 3.8) is 0 Å². The molecule has 0 fully saturated rings. The second-order valence-corrected chi connectivity index (χ2v) is 5.85. The van der Waals surface area contributed by atoms with Crippen LogP contribution < -0.4 is 5.32 Å². The lowest BCUT2D eigenvalue weighted by molar-refractivity contribution is 0.100. The molecule has 1 N–H and O–H groups in total. The number of aromatic nitrogens is 5. The van der Waals surface area contributed by atoms with Crippen molar-refractivity contribution in [1.82, 2.24) is 25.1 Å². The third-order valence-electron chi connectivity index (χ3n) is 3.81. The van der Waals surface area contributed by atoms with Gasteiger partial charge in [-0.25, -0.2) is 4.98 Å². The molecule has 0 radical (unpaired) electrons. The van der Waals surface area contributed by atoms with Gasteiger partial charge < -0.3 is 14.3 Å². The zero-order chi connectivity index (χ0) is 19.5. The fourth-order valence-corrected chi connectivity index (χ4v) is 2.50. The Kier molecular flexibility index (Phi) is 4.50. The maximum Gasteiger partial charge on any atom is 0.279 e. The summed E-state index contributed by atoms with van der Waals surface area (Å²) in [7, 11) is 0. The summed E-state index contributed by atoms with van der Waals surface area (Å²) in [6.45, 7) is 1.56. The maximum absolute atomic E-state index is 12.5. The van der Waals surface area contributed by atoms with Gasteiger partial charge in [-0.1, -0.05) is 35.5 Å². The molecule has 0 aliphatic carbocycles. The maximum atomic E-state index is 12.5. The van der Waals surface area contributed by atoms with Gasteiger partial charge in [0, 0.05) is 18.6 Å². The fourth-order valence-electron chi connectivity index (χ4n) is 2.50. The number of nitrogens with one attached hydrogen (secondary N) is 1. The van der Waals surface area contributed by atoms with E-state index in [1.165, 1.54) is 30.4 Å². The summed E-state index contributed by atoms with van der Waals surface area (Å²) in [6, 6.07) is 10.7. The molecule has 0 atom stereocenters. The Morgan fingerprint density at radius 1 is 1.21 bits per heavy atom. The Labute approximate surface area is 158 Å². The van der Waals surface area contributed by atoms with Crippen LogP contribution in [0.2, 0.25) is 0 Å². The fraction of sp³-hybridized carbons (Fsp3) is 0.111. The van der Waals surface area contributed by atoms with Gasteiger partial charge in [0.2, 0.25) is 0 Å². The van der Waals surface area contributed by atoms with Crippen LogP contribution in [0.15, 0.2) is 57.9 Å². The van der Waals surface area contributed by atoms with Crippen LogP contribution in [0.25, 0.3) is 11.3 Å². The van der Waals surface area contributed by atoms with E-state index in [9.17, 15) is 9.59 Å². The highest BCUT2D eigenvalue weighted by Crippen LogP contribution is 2.23. The number of hydrogen-bond acceptors (Lipinski definition) is 8. The van der Waals surface area contributed by atoms with E-state index in [4.69, 9.17) is 8.94 Å². The lowest BCUT2D eigenvalue weighted by Gasteiger charge is -2.01. The molecule has 3 aromatic heterocycles. The van der Waals surface area contributed by atoms with Crippen LogP contribution in [0.4, 0.5) is 5.82 Å². The third kappa shape index (κ3) is 3.56. The summed E-state index contributed by atoms with van der Waals surface area (Å²) in [5, 5.41) is 14.5. The first-order valence-corrected chi connectivity index (χ1v) is 8.27. The predicted octanol–water partition coefficient (Wildman–Crippen LogP) is 2.42. The molecule has 28 heavy (non-hydrogen) atoms. The molecule has 0 unspecified atom stereocenters. The van der Waals surface area contributed by atoms with Crippen LogP contribution in [-0.2, 0) is 6.54 Å². The highest BCUT2D eigenvalue weighted by Gasteiger charge is 2.19. The van der Waals surface area contributed by atoms with Crippen LogP contribution in [0.1, 0.15) is 33.7 Å². The minimum Gasteiger partial charge on any atom is -0.443 e. The summed E-state index contributed by atoms with van der Waals surface area (Å²) in [6.07, 6.45) is 2.60. The second-order valence-electron chi connectivity index (χ2n) is 5.85. The van der Waals surface area contributed by atoms with E-state index in [1.807, 2.05) is 30.3 Å². The number of benzene rings is 1. The van der Waals surface area contributed by atoms with E-state index < -0.39 is 5.91 Å². The summed E-state index contributed by atoms with van der Waals surface area (Å²) in [4.78, 5) is 29.1. The molecule has 4 rings (SSSR count). The zero-order valence-corrected chi connectivity index (χ0v) is 14.7. The van der Waals surface area contributed by atoms with Crippen LogP contribution in [0.5, 0.6) is 0 Å². The number of nitrogens with zero attached hydrogens (tertiary/aromatic N) is 5. The third-order valence-corrected chi connectivity index (χ3v) is 3.81. The summed E-state index contributed by atoms with van der Waals surface area (Å²) >= 11 is 0. The highest BCUT2D eigenvalue weighted by molar-refractivity contribution is 6.05. The standard InChI is InChI=1S/C18H14N6O4/c1-11(25)14-7-13(28-23-14)9-24-20-8-15(22-24)21-18(26)16-17(27-10-19-16)12-5-3-2-4-6-12/h2-8,10H,9H2,1H3,(H,21,22,26). The van der Waals surface area contributed by atoms with E-state index >= 15 is 0 Å². The topological polar surface area (TPSA) is 129 Å². The van der Waals surface area contributed by atoms with Crippen molar-refractivity contribution in [3.05, 3.63) is 66.1 Å². The SMILES string of the molecule is CC(=O)c1cc(Cn2ncc(NC(=O)c3ncoc3-c3ccccc3)n2)on1. The molecule has 0 aliphatic rings. The monoisotopic (exact) mass is 378 g/mol. The Bertz CT molecular complexity index is 1130. The highest BCUT2D eigenvalue weighted by atomic mass is 16.5. The lowest BCUT2D eigenvalue weighted by atomic mass is 10.1. The largest absolute Gasteiger partial charge is 0.443 e. The van der Waals surface area contributed by atoms with Crippen molar-refractivity contribution >= 4 is 17.5 Å². The molecule has 0 saturated heterocycles. The average molecular weight is 378 g/mol. The van der Waals surface area contributed by atoms with Crippen LogP contribution in [-0.4, -0.2) is 36.8 Å². The first kappa shape index (κ1) is 17.3. The number of ketones is 1. The Balaban J connectivity index is 1.46. The van der Waals surface area contributed by atoms with Crippen LogP contribution in [0, 0.1) is 0 Å². The van der Waals surface area contributed by atoms with Gasteiger partial charge >= 0.3 is 0 Å². The van der Waals surface area contributed by atoms with E-state index in [-0.39, 0.29) is 29.5 Å². The van der Waals surface area contributed by atoms with Crippen LogP contribution >= 0.6 is 0 Å². The second kappa shape index (κ2) is 7.27. The number of anilines is 1. The number of rotatable bonds is 6. The van der Waals surface area contributed by atoms with E-state index in [1.54, 1.807) is 0 Å². The number of hydrogen-bond donors (Lipinski definition) is 1. The molecule has 0 saturated carbocycles. The van der Waals surface area contributed by atoms with Gasteiger partial charge in [0.25, 0.3) is 5.91 Å². The number of carbonyl (C=O) groups excluding carboxylic acids is 2. The molecule has 1 amide bonds. The molecular weight excluding hydrogens is 364 g/mol. The lowest BCUT2D eigenvalue weighted by Crippen LogP contribution is -2.14. The normalized spacial score (nSPS) is 10.8. The molecule has 3 heterocycles.